The van der Waals surface area contributed by atoms with Gasteiger partial charge in [0.05, 0.1) is 18.7 Å². The summed E-state index contributed by atoms with van der Waals surface area (Å²) in [5.74, 6) is -3.48. The molecule has 0 aliphatic rings. The Morgan fingerprint density at radius 3 is 2.35 bits per heavy atom. The highest BCUT2D eigenvalue weighted by atomic mass is 32.2. The monoisotopic (exact) mass is 492 g/mol. The lowest BCUT2D eigenvalue weighted by atomic mass is 10.0. The van der Waals surface area contributed by atoms with Gasteiger partial charge in [-0.25, -0.2) is 17.2 Å². The number of halogens is 2. The average Bonchev–Trinajstić information content (AvgIpc) is 2.77. The van der Waals surface area contributed by atoms with E-state index >= 15 is 0 Å². The second kappa shape index (κ2) is 11.7. The number of nitrogens with one attached hydrogen (secondary N) is 1. The van der Waals surface area contributed by atoms with Crippen LogP contribution in [0.5, 0.6) is 0 Å². The van der Waals surface area contributed by atoms with Gasteiger partial charge in [0.25, 0.3) is 0 Å². The summed E-state index contributed by atoms with van der Waals surface area (Å²) in [5, 5.41) is 11.6. The Bertz CT molecular complexity index is 1180. The number of nitrogens with zero attached hydrogens (tertiary/aromatic N) is 2. The summed E-state index contributed by atoms with van der Waals surface area (Å²) < 4.78 is 53.8. The molecule has 0 bridgehead atoms. The van der Waals surface area contributed by atoms with Gasteiger partial charge in [-0.15, -0.1) is 0 Å². The molecule has 2 rings (SSSR count). The molecule has 0 spiro atoms. The third-order valence-electron chi connectivity index (χ3n) is 5.07. The highest BCUT2D eigenvalue weighted by Crippen LogP contribution is 2.25. The Balaban J connectivity index is 2.31. The van der Waals surface area contributed by atoms with Crippen molar-refractivity contribution >= 4 is 21.8 Å². The van der Waals surface area contributed by atoms with Crippen LogP contribution in [0.15, 0.2) is 42.5 Å². The maximum absolute atomic E-state index is 14.1. The van der Waals surface area contributed by atoms with E-state index in [2.05, 4.69) is 5.32 Å². The molecule has 2 aromatic rings. The van der Waals surface area contributed by atoms with E-state index in [4.69, 9.17) is 5.73 Å². The lowest BCUT2D eigenvalue weighted by Gasteiger charge is -2.29. The van der Waals surface area contributed by atoms with Gasteiger partial charge in [-0.3, -0.25) is 9.59 Å². The molecule has 0 aliphatic carbocycles. The summed E-state index contributed by atoms with van der Waals surface area (Å²) in [6.45, 7) is 1.60. The van der Waals surface area contributed by atoms with Crippen LogP contribution in [0.1, 0.15) is 31.7 Å². The molecule has 2 atom stereocenters. The number of hydrogen-bond acceptors (Lipinski definition) is 5. The van der Waals surface area contributed by atoms with E-state index < -0.39 is 52.0 Å². The molecule has 0 radical (unpaired) electrons. The number of hydrogen-bond donors (Lipinski definition) is 2. The first-order chi connectivity index (χ1) is 16.0. The van der Waals surface area contributed by atoms with Crippen molar-refractivity contribution in [3.63, 3.8) is 0 Å². The largest absolute Gasteiger partial charge is 0.370 e. The second-order valence-corrected chi connectivity index (χ2v) is 9.71. The molecule has 8 nitrogen and oxygen atoms in total. The molecular weight excluding hydrogens is 466 g/mol. The van der Waals surface area contributed by atoms with Crippen molar-refractivity contribution in [2.24, 2.45) is 5.73 Å². The number of sulfonamides is 1. The third kappa shape index (κ3) is 7.07. The van der Waals surface area contributed by atoms with Gasteiger partial charge in [-0.05, 0) is 23.6 Å². The SMILES string of the molecule is CCC[C@@H](C(=O)N[C@H](C#N)CC(N)=O)N(Cc1ccc(-c2cccc(F)c2F)cc1)S(C)(=O)=O. The highest BCUT2D eigenvalue weighted by Gasteiger charge is 2.33. The zero-order valence-electron chi connectivity index (χ0n) is 18.8. The fraction of sp³-hybridized carbons (Fsp3) is 0.348. The first kappa shape index (κ1) is 26.9. The van der Waals surface area contributed by atoms with E-state index in [-0.39, 0.29) is 18.5 Å². The Kier molecular flexibility index (Phi) is 9.23. The zero-order valence-corrected chi connectivity index (χ0v) is 19.6. The molecule has 2 amide bonds. The highest BCUT2D eigenvalue weighted by molar-refractivity contribution is 7.88. The number of rotatable bonds is 11. The van der Waals surface area contributed by atoms with Gasteiger partial charge in [0.1, 0.15) is 12.1 Å². The van der Waals surface area contributed by atoms with Crippen LogP contribution in [0.25, 0.3) is 11.1 Å². The standard InChI is InChI=1S/C23H26F2N4O4S/c1-3-5-20(23(31)28-17(13-26)12-21(27)30)29(34(2,32)33)14-15-8-10-16(11-9-15)18-6-4-7-19(24)22(18)25/h4,6-11,17,20H,3,5,12,14H2,1-2H3,(H2,27,30)(H,28,31)/t17-,20-/m0/s1. The minimum Gasteiger partial charge on any atom is -0.370 e. The first-order valence-corrected chi connectivity index (χ1v) is 12.3. The fourth-order valence-corrected chi connectivity index (χ4v) is 4.48. The average molecular weight is 493 g/mol. The van der Waals surface area contributed by atoms with Gasteiger partial charge in [0.2, 0.25) is 21.8 Å². The molecule has 0 aliphatic heterocycles. The number of amides is 2. The number of nitrogens with two attached hydrogens (primary N) is 1. The van der Waals surface area contributed by atoms with E-state index in [1.54, 1.807) is 25.1 Å². The molecule has 3 N–H and O–H groups in total. The maximum Gasteiger partial charge on any atom is 0.239 e. The molecule has 182 valence electrons. The minimum absolute atomic E-state index is 0.0618. The zero-order chi connectivity index (χ0) is 25.5. The van der Waals surface area contributed by atoms with Crippen molar-refractivity contribution in [2.75, 3.05) is 6.26 Å². The van der Waals surface area contributed by atoms with Crippen LogP contribution in [0.3, 0.4) is 0 Å². The minimum atomic E-state index is -3.88. The lowest BCUT2D eigenvalue weighted by Crippen LogP contribution is -2.51. The topological polar surface area (TPSA) is 133 Å². The van der Waals surface area contributed by atoms with E-state index in [1.165, 1.54) is 24.3 Å². The van der Waals surface area contributed by atoms with Crippen LogP contribution in [-0.2, 0) is 26.2 Å². The van der Waals surface area contributed by atoms with E-state index in [0.29, 0.717) is 17.5 Å². The predicted molar refractivity (Wildman–Crippen MR) is 122 cm³/mol. The van der Waals surface area contributed by atoms with Crippen molar-refractivity contribution in [2.45, 2.75) is 44.8 Å². The Morgan fingerprint density at radius 1 is 1.18 bits per heavy atom. The lowest BCUT2D eigenvalue weighted by molar-refractivity contribution is -0.126. The van der Waals surface area contributed by atoms with Crippen molar-refractivity contribution < 1.29 is 26.8 Å². The molecule has 0 saturated carbocycles. The van der Waals surface area contributed by atoms with Gasteiger partial charge in [0.15, 0.2) is 11.6 Å². The number of benzene rings is 2. The van der Waals surface area contributed by atoms with Crippen LogP contribution < -0.4 is 11.1 Å². The Morgan fingerprint density at radius 2 is 1.82 bits per heavy atom. The van der Waals surface area contributed by atoms with E-state index in [9.17, 15) is 32.0 Å². The first-order valence-electron chi connectivity index (χ1n) is 10.5. The van der Waals surface area contributed by atoms with Crippen molar-refractivity contribution in [3.8, 4) is 17.2 Å². The van der Waals surface area contributed by atoms with Gasteiger partial charge in [-0.1, -0.05) is 49.7 Å². The quantitative estimate of drug-likeness (QED) is 0.497. The number of primary amides is 1. The molecule has 2 aromatic carbocycles. The van der Waals surface area contributed by atoms with Crippen LogP contribution in [0.2, 0.25) is 0 Å². The molecule has 34 heavy (non-hydrogen) atoms. The summed E-state index contributed by atoms with van der Waals surface area (Å²) in [6.07, 6.45) is 1.19. The van der Waals surface area contributed by atoms with E-state index in [1.807, 2.05) is 0 Å². The maximum atomic E-state index is 14.1. The normalized spacial score (nSPS) is 13.2. The van der Waals surface area contributed by atoms with Crippen molar-refractivity contribution in [1.29, 1.82) is 5.26 Å². The smallest absolute Gasteiger partial charge is 0.239 e. The third-order valence-corrected chi connectivity index (χ3v) is 6.31. The Labute approximate surface area is 197 Å². The summed E-state index contributed by atoms with van der Waals surface area (Å²) in [5.41, 5.74) is 6.06. The summed E-state index contributed by atoms with van der Waals surface area (Å²) in [6, 6.07) is 9.43. The summed E-state index contributed by atoms with van der Waals surface area (Å²) in [7, 11) is -3.88. The summed E-state index contributed by atoms with van der Waals surface area (Å²) in [4.78, 5) is 24.0. The van der Waals surface area contributed by atoms with Gasteiger partial charge in [0, 0.05) is 12.1 Å². The molecule has 0 saturated heterocycles. The number of carbonyl (C=O) groups is 2. The van der Waals surface area contributed by atoms with Crippen LogP contribution in [0.4, 0.5) is 8.78 Å². The molecular formula is C23H26F2N4O4S. The van der Waals surface area contributed by atoms with Crippen LogP contribution >= 0.6 is 0 Å². The van der Waals surface area contributed by atoms with Crippen LogP contribution in [0, 0.1) is 23.0 Å². The Hall–Kier alpha value is -3.36. The molecule has 0 aromatic heterocycles. The molecule has 0 fully saturated rings. The van der Waals surface area contributed by atoms with Gasteiger partial charge >= 0.3 is 0 Å². The van der Waals surface area contributed by atoms with Crippen LogP contribution in [-0.4, -0.2) is 42.9 Å². The fourth-order valence-electron chi connectivity index (χ4n) is 3.43. The molecule has 11 heteroatoms. The molecule has 0 heterocycles. The number of carbonyl (C=O) groups excluding carboxylic acids is 2. The van der Waals surface area contributed by atoms with Crippen molar-refractivity contribution in [1.82, 2.24) is 9.62 Å². The van der Waals surface area contributed by atoms with Gasteiger partial charge in [-0.2, -0.15) is 9.57 Å². The summed E-state index contributed by atoms with van der Waals surface area (Å²) >= 11 is 0. The number of nitriles is 1. The molecule has 0 unspecified atom stereocenters. The van der Waals surface area contributed by atoms with Crippen molar-refractivity contribution in [3.05, 3.63) is 59.7 Å². The van der Waals surface area contributed by atoms with E-state index in [0.717, 1.165) is 16.6 Å². The second-order valence-electron chi connectivity index (χ2n) is 7.77. The van der Waals surface area contributed by atoms with Gasteiger partial charge < -0.3 is 11.1 Å². The predicted octanol–water partition coefficient (Wildman–Crippen LogP) is 2.45.